The maximum Gasteiger partial charge on any atom is 0.410 e. The van der Waals surface area contributed by atoms with E-state index in [-0.39, 0.29) is 17.9 Å². The number of benzene rings is 1. The second kappa shape index (κ2) is 6.55. The van der Waals surface area contributed by atoms with E-state index in [1.807, 2.05) is 52.8 Å². The summed E-state index contributed by atoms with van der Waals surface area (Å²) in [6.45, 7) is 11.6. The molecule has 3 rings (SSSR count). The molecule has 1 aromatic rings. The van der Waals surface area contributed by atoms with Crippen molar-refractivity contribution in [2.75, 3.05) is 31.1 Å². The molecule has 7 nitrogen and oxygen atoms in total. The third-order valence-corrected chi connectivity index (χ3v) is 5.01. The van der Waals surface area contributed by atoms with E-state index in [0.717, 1.165) is 11.3 Å². The van der Waals surface area contributed by atoms with Crippen molar-refractivity contribution in [3.8, 4) is 0 Å². The first-order valence-corrected chi connectivity index (χ1v) is 9.22. The van der Waals surface area contributed by atoms with Crippen molar-refractivity contribution in [2.24, 2.45) is 0 Å². The number of amides is 3. The Bertz CT molecular complexity index is 787. The highest BCUT2D eigenvalue weighted by Crippen LogP contribution is 2.33. The van der Waals surface area contributed by atoms with Crippen LogP contribution in [-0.2, 0) is 14.9 Å². The van der Waals surface area contributed by atoms with Crippen molar-refractivity contribution in [1.82, 2.24) is 10.2 Å². The van der Waals surface area contributed by atoms with E-state index >= 15 is 0 Å². The van der Waals surface area contributed by atoms with Crippen LogP contribution in [0.1, 0.15) is 50.5 Å². The van der Waals surface area contributed by atoms with Crippen molar-refractivity contribution < 1.29 is 19.1 Å². The molecule has 1 N–H and O–H groups in total. The average molecular weight is 373 g/mol. The van der Waals surface area contributed by atoms with Crippen LogP contribution in [0.5, 0.6) is 0 Å². The normalized spacial score (nSPS) is 19.4. The lowest BCUT2D eigenvalue weighted by atomic mass is 9.78. The molecule has 0 aliphatic carbocycles. The zero-order valence-corrected chi connectivity index (χ0v) is 16.6. The molecule has 0 unspecified atom stereocenters. The van der Waals surface area contributed by atoms with Gasteiger partial charge in [-0.15, -0.1) is 0 Å². The van der Waals surface area contributed by atoms with Gasteiger partial charge in [-0.05, 0) is 52.3 Å². The number of imide groups is 1. The first kappa shape index (κ1) is 19.2. The van der Waals surface area contributed by atoms with Crippen LogP contribution in [0.3, 0.4) is 0 Å². The fourth-order valence-corrected chi connectivity index (χ4v) is 3.38. The van der Waals surface area contributed by atoms with Crippen LogP contribution in [0.15, 0.2) is 18.2 Å². The van der Waals surface area contributed by atoms with E-state index in [1.54, 1.807) is 4.90 Å². The van der Waals surface area contributed by atoms with Gasteiger partial charge in [0.25, 0.3) is 5.91 Å². The first-order chi connectivity index (χ1) is 12.5. The molecule has 2 aliphatic rings. The van der Waals surface area contributed by atoms with Crippen molar-refractivity contribution in [1.29, 1.82) is 0 Å². The molecular formula is C20H27N3O4. The lowest BCUT2D eigenvalue weighted by Gasteiger charge is -2.37. The second-order valence-electron chi connectivity index (χ2n) is 8.59. The summed E-state index contributed by atoms with van der Waals surface area (Å²) in [5, 5.41) is 2.43. The number of nitrogens with zero attached hydrogens (tertiary/aromatic N) is 2. The standard InChI is InChI=1S/C20H27N3O4/c1-19(2,3)27-18(26)23-10-8-22(9-11-23)13-6-7-15-14(12-13)16(24)21-17(25)20(15,4)5/h6-7,12H,8-11H2,1-5H3,(H,21,24,25). The maximum atomic E-state index is 12.3. The minimum absolute atomic E-state index is 0.279. The molecule has 0 bridgehead atoms. The summed E-state index contributed by atoms with van der Waals surface area (Å²) in [5.41, 5.74) is 0.943. The molecule has 0 radical (unpaired) electrons. The molecule has 0 aromatic heterocycles. The Hall–Kier alpha value is -2.57. The highest BCUT2D eigenvalue weighted by atomic mass is 16.6. The number of rotatable bonds is 1. The first-order valence-electron chi connectivity index (χ1n) is 9.22. The molecule has 0 spiro atoms. The van der Waals surface area contributed by atoms with Gasteiger partial charge in [-0.25, -0.2) is 4.79 Å². The lowest BCUT2D eigenvalue weighted by Crippen LogP contribution is -2.50. The van der Waals surface area contributed by atoms with Gasteiger partial charge in [0.1, 0.15) is 5.60 Å². The largest absolute Gasteiger partial charge is 0.444 e. The SMILES string of the molecule is CC(C)(C)OC(=O)N1CCN(c2ccc3c(c2)C(=O)NC(=O)C3(C)C)CC1. The smallest absolute Gasteiger partial charge is 0.410 e. The molecule has 0 atom stereocenters. The number of nitrogens with one attached hydrogen (secondary N) is 1. The molecule has 146 valence electrons. The molecule has 3 amide bonds. The van der Waals surface area contributed by atoms with E-state index in [1.165, 1.54) is 0 Å². The number of anilines is 1. The van der Waals surface area contributed by atoms with E-state index in [2.05, 4.69) is 10.2 Å². The third kappa shape index (κ3) is 3.77. The third-order valence-electron chi connectivity index (χ3n) is 5.01. The predicted octanol–water partition coefficient (Wildman–Crippen LogP) is 2.29. The van der Waals surface area contributed by atoms with E-state index < -0.39 is 11.0 Å². The van der Waals surface area contributed by atoms with Gasteiger partial charge in [-0.1, -0.05) is 6.07 Å². The summed E-state index contributed by atoms with van der Waals surface area (Å²) < 4.78 is 5.42. The number of ether oxygens (including phenoxy) is 1. The number of piperazine rings is 1. The Kier molecular flexibility index (Phi) is 4.66. The van der Waals surface area contributed by atoms with Crippen LogP contribution in [-0.4, -0.2) is 54.6 Å². The van der Waals surface area contributed by atoms with Gasteiger partial charge in [0.15, 0.2) is 0 Å². The number of carbonyl (C=O) groups is 3. The monoisotopic (exact) mass is 373 g/mol. The fraction of sp³-hybridized carbons (Fsp3) is 0.550. The maximum absolute atomic E-state index is 12.3. The number of carbonyl (C=O) groups excluding carboxylic acids is 3. The minimum atomic E-state index is -0.739. The van der Waals surface area contributed by atoms with Gasteiger partial charge in [0, 0.05) is 37.4 Å². The van der Waals surface area contributed by atoms with Gasteiger partial charge in [0.05, 0.1) is 5.41 Å². The predicted molar refractivity (Wildman–Crippen MR) is 102 cm³/mol. The molecule has 2 heterocycles. The molecular weight excluding hydrogens is 346 g/mol. The summed E-state index contributed by atoms with van der Waals surface area (Å²) in [7, 11) is 0. The Morgan fingerprint density at radius 2 is 1.74 bits per heavy atom. The van der Waals surface area contributed by atoms with Crippen LogP contribution in [0.4, 0.5) is 10.5 Å². The fourth-order valence-electron chi connectivity index (χ4n) is 3.38. The van der Waals surface area contributed by atoms with Gasteiger partial charge >= 0.3 is 6.09 Å². The molecule has 1 saturated heterocycles. The van der Waals surface area contributed by atoms with E-state index in [0.29, 0.717) is 31.7 Å². The number of hydrogen-bond donors (Lipinski definition) is 1. The topological polar surface area (TPSA) is 79.0 Å². The van der Waals surface area contributed by atoms with Crippen molar-refractivity contribution in [2.45, 2.75) is 45.6 Å². The number of fused-ring (bicyclic) bond motifs is 1. The van der Waals surface area contributed by atoms with Crippen LogP contribution in [0.25, 0.3) is 0 Å². The summed E-state index contributed by atoms with van der Waals surface area (Å²) in [5.74, 6) is -0.637. The highest BCUT2D eigenvalue weighted by Gasteiger charge is 2.39. The average Bonchev–Trinajstić information content (AvgIpc) is 2.58. The van der Waals surface area contributed by atoms with Gasteiger partial charge in [-0.2, -0.15) is 0 Å². The minimum Gasteiger partial charge on any atom is -0.444 e. The molecule has 27 heavy (non-hydrogen) atoms. The summed E-state index contributed by atoms with van der Waals surface area (Å²) in [4.78, 5) is 40.4. The quantitative estimate of drug-likeness (QED) is 0.764. The van der Waals surface area contributed by atoms with E-state index in [4.69, 9.17) is 4.74 Å². The van der Waals surface area contributed by atoms with Crippen molar-refractivity contribution in [3.05, 3.63) is 29.3 Å². The molecule has 0 saturated carbocycles. The van der Waals surface area contributed by atoms with Gasteiger partial charge < -0.3 is 14.5 Å². The van der Waals surface area contributed by atoms with E-state index in [9.17, 15) is 14.4 Å². The summed E-state index contributed by atoms with van der Waals surface area (Å²) in [6, 6.07) is 5.64. The molecule has 1 aromatic carbocycles. The van der Waals surface area contributed by atoms with Crippen LogP contribution < -0.4 is 10.2 Å². The number of hydrogen-bond acceptors (Lipinski definition) is 5. The van der Waals surface area contributed by atoms with Crippen LogP contribution >= 0.6 is 0 Å². The molecule has 7 heteroatoms. The Morgan fingerprint density at radius 3 is 2.33 bits per heavy atom. The summed E-state index contributed by atoms with van der Waals surface area (Å²) >= 11 is 0. The molecule has 1 fully saturated rings. The zero-order valence-electron chi connectivity index (χ0n) is 16.6. The van der Waals surface area contributed by atoms with Crippen LogP contribution in [0.2, 0.25) is 0 Å². The van der Waals surface area contributed by atoms with Crippen LogP contribution in [0, 0.1) is 0 Å². The highest BCUT2D eigenvalue weighted by molar-refractivity contribution is 6.13. The second-order valence-corrected chi connectivity index (χ2v) is 8.59. The van der Waals surface area contributed by atoms with Gasteiger partial charge in [0.2, 0.25) is 5.91 Å². The Balaban J connectivity index is 1.73. The lowest BCUT2D eigenvalue weighted by molar-refractivity contribution is -0.125. The Morgan fingerprint density at radius 1 is 1.11 bits per heavy atom. The summed E-state index contributed by atoms with van der Waals surface area (Å²) in [6.07, 6.45) is -0.299. The zero-order chi connectivity index (χ0) is 20.0. The van der Waals surface area contributed by atoms with Crippen molar-refractivity contribution >= 4 is 23.6 Å². The van der Waals surface area contributed by atoms with Gasteiger partial charge in [-0.3, -0.25) is 14.9 Å². The van der Waals surface area contributed by atoms with Crippen molar-refractivity contribution in [3.63, 3.8) is 0 Å². The Labute approximate surface area is 159 Å². The molecule has 2 aliphatic heterocycles.